The maximum atomic E-state index is 10.2. The van der Waals surface area contributed by atoms with Crippen LogP contribution in [0.2, 0.25) is 0 Å². The van der Waals surface area contributed by atoms with Crippen molar-refractivity contribution < 1.29 is 5.11 Å². The number of rotatable bonds is 3. The minimum atomic E-state index is -0.531. The minimum absolute atomic E-state index is 0.526. The summed E-state index contributed by atoms with van der Waals surface area (Å²) in [7, 11) is 0. The third-order valence-corrected chi connectivity index (χ3v) is 3.62. The van der Waals surface area contributed by atoms with Crippen LogP contribution in [0, 0.1) is 6.92 Å². The molecule has 5 heteroatoms. The van der Waals surface area contributed by atoms with E-state index in [-0.39, 0.29) is 0 Å². The number of thiazole rings is 1. The zero-order chi connectivity index (χ0) is 12.5. The fourth-order valence-electron chi connectivity index (χ4n) is 1.97. The fraction of sp³-hybridized carbons (Fsp3) is 0.231. The first kappa shape index (κ1) is 11.4. The second-order valence-electron chi connectivity index (χ2n) is 4.28. The van der Waals surface area contributed by atoms with E-state index in [4.69, 9.17) is 0 Å². The van der Waals surface area contributed by atoms with E-state index in [0.29, 0.717) is 6.42 Å². The second kappa shape index (κ2) is 4.51. The molecule has 0 fully saturated rings. The summed E-state index contributed by atoms with van der Waals surface area (Å²) in [4.78, 5) is 9.55. The average molecular weight is 259 g/mol. The van der Waals surface area contributed by atoms with Crippen LogP contribution in [0.25, 0.3) is 4.96 Å². The molecule has 3 rings (SSSR count). The van der Waals surface area contributed by atoms with Gasteiger partial charge in [0, 0.05) is 36.1 Å². The Morgan fingerprint density at radius 2 is 2.39 bits per heavy atom. The zero-order valence-electron chi connectivity index (χ0n) is 9.95. The van der Waals surface area contributed by atoms with Gasteiger partial charge in [0.25, 0.3) is 0 Å². The Morgan fingerprint density at radius 1 is 1.50 bits per heavy atom. The van der Waals surface area contributed by atoms with Crippen LogP contribution in [-0.4, -0.2) is 19.5 Å². The van der Waals surface area contributed by atoms with Crippen LogP contribution in [0.3, 0.4) is 0 Å². The van der Waals surface area contributed by atoms with Gasteiger partial charge < -0.3 is 5.11 Å². The molecule has 4 nitrogen and oxygen atoms in total. The second-order valence-corrected chi connectivity index (χ2v) is 5.15. The molecule has 3 aromatic heterocycles. The predicted octanol–water partition coefficient (Wildman–Crippen LogP) is 2.38. The highest BCUT2D eigenvalue weighted by Crippen LogP contribution is 2.19. The molecular weight excluding hydrogens is 246 g/mol. The Morgan fingerprint density at radius 3 is 3.17 bits per heavy atom. The lowest BCUT2D eigenvalue weighted by atomic mass is 10.1. The first-order valence-corrected chi connectivity index (χ1v) is 6.62. The molecule has 18 heavy (non-hydrogen) atoms. The molecule has 0 aliphatic carbocycles. The smallest absolute Gasteiger partial charge is 0.193 e. The Balaban J connectivity index is 1.81. The third kappa shape index (κ3) is 2.14. The van der Waals surface area contributed by atoms with Crippen LogP contribution in [-0.2, 0) is 6.42 Å². The summed E-state index contributed by atoms with van der Waals surface area (Å²) in [6, 6.07) is 3.75. The molecule has 0 bridgehead atoms. The largest absolute Gasteiger partial charge is 0.388 e. The van der Waals surface area contributed by atoms with Gasteiger partial charge in [-0.1, -0.05) is 0 Å². The lowest BCUT2D eigenvalue weighted by Gasteiger charge is -2.09. The summed E-state index contributed by atoms with van der Waals surface area (Å²) in [6.45, 7) is 1.92. The van der Waals surface area contributed by atoms with Gasteiger partial charge in [-0.05, 0) is 24.6 Å². The normalized spacial score (nSPS) is 13.0. The van der Waals surface area contributed by atoms with Crippen molar-refractivity contribution in [1.82, 2.24) is 14.4 Å². The topological polar surface area (TPSA) is 50.4 Å². The standard InChI is InChI=1S/C13H13N3OS/c1-9-6-10(2-3-14-9)12(17)7-11-8-16-4-5-18-13(16)15-11/h2-6,8,12,17H,7H2,1H3. The number of aryl methyl sites for hydroxylation is 1. The van der Waals surface area contributed by atoms with E-state index in [2.05, 4.69) is 9.97 Å². The molecule has 0 amide bonds. The number of hydrogen-bond donors (Lipinski definition) is 1. The number of aromatic nitrogens is 3. The van der Waals surface area contributed by atoms with E-state index in [1.165, 1.54) is 0 Å². The number of aliphatic hydroxyl groups excluding tert-OH is 1. The molecule has 0 aliphatic rings. The van der Waals surface area contributed by atoms with E-state index in [0.717, 1.165) is 21.9 Å². The van der Waals surface area contributed by atoms with Crippen molar-refractivity contribution in [2.75, 3.05) is 0 Å². The molecule has 3 aromatic rings. The van der Waals surface area contributed by atoms with Crippen molar-refractivity contribution in [3.63, 3.8) is 0 Å². The molecular formula is C13H13N3OS. The molecule has 0 radical (unpaired) electrons. The van der Waals surface area contributed by atoms with Gasteiger partial charge in [-0.3, -0.25) is 9.38 Å². The lowest BCUT2D eigenvalue weighted by molar-refractivity contribution is 0.177. The van der Waals surface area contributed by atoms with E-state index in [9.17, 15) is 5.11 Å². The van der Waals surface area contributed by atoms with Gasteiger partial charge in [0.1, 0.15) is 0 Å². The zero-order valence-corrected chi connectivity index (χ0v) is 10.8. The molecule has 1 N–H and O–H groups in total. The molecule has 3 heterocycles. The van der Waals surface area contributed by atoms with E-state index in [1.807, 2.05) is 41.2 Å². The van der Waals surface area contributed by atoms with Crippen LogP contribution in [0.4, 0.5) is 0 Å². The van der Waals surface area contributed by atoms with Gasteiger partial charge in [-0.25, -0.2) is 4.98 Å². The monoisotopic (exact) mass is 259 g/mol. The number of nitrogens with zero attached hydrogens (tertiary/aromatic N) is 3. The first-order valence-electron chi connectivity index (χ1n) is 5.74. The molecule has 1 atom stereocenters. The van der Waals surface area contributed by atoms with Gasteiger partial charge in [0.05, 0.1) is 11.8 Å². The molecule has 0 aliphatic heterocycles. The average Bonchev–Trinajstić information content (AvgIpc) is 2.89. The van der Waals surface area contributed by atoms with Crippen molar-refractivity contribution >= 4 is 16.3 Å². The van der Waals surface area contributed by atoms with E-state index in [1.54, 1.807) is 17.5 Å². The van der Waals surface area contributed by atoms with Crippen molar-refractivity contribution in [1.29, 1.82) is 0 Å². The molecule has 0 saturated carbocycles. The van der Waals surface area contributed by atoms with Crippen molar-refractivity contribution in [2.24, 2.45) is 0 Å². The van der Waals surface area contributed by atoms with E-state index < -0.39 is 6.10 Å². The number of fused-ring (bicyclic) bond motifs is 1. The summed E-state index contributed by atoms with van der Waals surface area (Å²) >= 11 is 1.59. The van der Waals surface area contributed by atoms with Crippen LogP contribution in [0.1, 0.15) is 23.1 Å². The van der Waals surface area contributed by atoms with Crippen molar-refractivity contribution in [3.05, 3.63) is 53.1 Å². The molecule has 0 saturated heterocycles. The molecule has 92 valence electrons. The summed E-state index contributed by atoms with van der Waals surface area (Å²) in [5, 5.41) is 12.2. The van der Waals surface area contributed by atoms with Crippen LogP contribution in [0.15, 0.2) is 36.1 Å². The Kier molecular flexibility index (Phi) is 2.85. The van der Waals surface area contributed by atoms with Gasteiger partial charge in [0.15, 0.2) is 4.96 Å². The SMILES string of the molecule is Cc1cc(C(O)Cc2cn3ccsc3n2)ccn1. The van der Waals surface area contributed by atoms with Gasteiger partial charge in [-0.15, -0.1) is 11.3 Å². The first-order chi connectivity index (χ1) is 8.72. The fourth-order valence-corrected chi connectivity index (χ4v) is 2.68. The molecule has 0 aromatic carbocycles. The van der Waals surface area contributed by atoms with Crippen molar-refractivity contribution in [2.45, 2.75) is 19.4 Å². The number of pyridine rings is 1. The highest BCUT2D eigenvalue weighted by molar-refractivity contribution is 7.15. The highest BCUT2D eigenvalue weighted by atomic mass is 32.1. The predicted molar refractivity (Wildman–Crippen MR) is 70.7 cm³/mol. The van der Waals surface area contributed by atoms with E-state index >= 15 is 0 Å². The number of hydrogen-bond acceptors (Lipinski definition) is 4. The Bertz CT molecular complexity index is 645. The summed E-state index contributed by atoms with van der Waals surface area (Å²) in [5.74, 6) is 0. The summed E-state index contributed by atoms with van der Waals surface area (Å²) in [5.41, 5.74) is 2.71. The Labute approximate surface area is 109 Å². The third-order valence-electron chi connectivity index (χ3n) is 2.85. The van der Waals surface area contributed by atoms with Crippen LogP contribution < -0.4 is 0 Å². The van der Waals surface area contributed by atoms with Gasteiger partial charge >= 0.3 is 0 Å². The van der Waals surface area contributed by atoms with Crippen LogP contribution >= 0.6 is 11.3 Å². The van der Waals surface area contributed by atoms with Crippen LogP contribution in [0.5, 0.6) is 0 Å². The summed E-state index contributed by atoms with van der Waals surface area (Å²) in [6.07, 6.45) is 5.65. The van der Waals surface area contributed by atoms with Crippen molar-refractivity contribution in [3.8, 4) is 0 Å². The number of aliphatic hydroxyl groups is 1. The number of imidazole rings is 1. The van der Waals surface area contributed by atoms with Gasteiger partial charge in [-0.2, -0.15) is 0 Å². The maximum absolute atomic E-state index is 10.2. The molecule has 1 unspecified atom stereocenters. The Hall–Kier alpha value is -1.72. The minimum Gasteiger partial charge on any atom is -0.388 e. The maximum Gasteiger partial charge on any atom is 0.193 e. The van der Waals surface area contributed by atoms with Gasteiger partial charge in [0.2, 0.25) is 0 Å². The summed E-state index contributed by atoms with van der Waals surface area (Å²) < 4.78 is 1.98. The quantitative estimate of drug-likeness (QED) is 0.785. The molecule has 0 spiro atoms. The lowest BCUT2D eigenvalue weighted by Crippen LogP contribution is -2.02. The highest BCUT2D eigenvalue weighted by Gasteiger charge is 2.12.